The van der Waals surface area contributed by atoms with E-state index in [2.05, 4.69) is 38.8 Å². The average molecular weight is 327 g/mol. The van der Waals surface area contributed by atoms with Crippen LogP contribution in [-0.2, 0) is 9.59 Å². The standard InChI is InChI=1S/C11H7BrN2O3S/c12-6-1-2-8(15)5(3-6)4-7-9(16)13-11(18)14-10(7)17/h1-4,15H,(H2,13,14,16,17,18). The highest BCUT2D eigenvalue weighted by molar-refractivity contribution is 9.10. The molecule has 7 heteroatoms. The van der Waals surface area contributed by atoms with Gasteiger partial charge in [-0.1, -0.05) is 15.9 Å². The number of thiocarbonyl (C=S) groups is 1. The van der Waals surface area contributed by atoms with Crippen LogP contribution in [0.3, 0.4) is 0 Å². The van der Waals surface area contributed by atoms with Crippen LogP contribution in [0.2, 0.25) is 0 Å². The SMILES string of the molecule is O=C1NC(=S)NC(=O)C1=Cc1cc(Br)ccc1O. The number of aromatic hydroxyl groups is 1. The van der Waals surface area contributed by atoms with Crippen LogP contribution in [0.4, 0.5) is 0 Å². The Labute approximate surface area is 116 Å². The molecule has 0 atom stereocenters. The van der Waals surface area contributed by atoms with Crippen molar-refractivity contribution in [2.24, 2.45) is 0 Å². The smallest absolute Gasteiger partial charge is 0.263 e. The molecule has 1 aliphatic heterocycles. The van der Waals surface area contributed by atoms with Crippen LogP contribution in [0.5, 0.6) is 5.75 Å². The molecule has 2 rings (SSSR count). The molecule has 18 heavy (non-hydrogen) atoms. The summed E-state index contributed by atoms with van der Waals surface area (Å²) in [5, 5.41) is 14.2. The minimum Gasteiger partial charge on any atom is -0.507 e. The number of benzene rings is 1. The van der Waals surface area contributed by atoms with Crippen molar-refractivity contribution >= 4 is 51.2 Å². The van der Waals surface area contributed by atoms with Crippen LogP contribution in [0, 0.1) is 0 Å². The number of carbonyl (C=O) groups is 2. The van der Waals surface area contributed by atoms with E-state index in [0.29, 0.717) is 5.56 Å². The molecule has 1 aromatic rings. The number of phenolic OH excluding ortho intramolecular Hbond substituents is 1. The fraction of sp³-hybridized carbons (Fsp3) is 0. The first kappa shape index (κ1) is 12.7. The number of hydrogen-bond donors (Lipinski definition) is 3. The van der Waals surface area contributed by atoms with Gasteiger partial charge in [0.1, 0.15) is 11.3 Å². The lowest BCUT2D eigenvalue weighted by molar-refractivity contribution is -0.123. The zero-order valence-corrected chi connectivity index (χ0v) is 11.3. The van der Waals surface area contributed by atoms with Crippen molar-refractivity contribution < 1.29 is 14.7 Å². The third-order valence-corrected chi connectivity index (χ3v) is 2.93. The average Bonchev–Trinajstić information content (AvgIpc) is 2.28. The van der Waals surface area contributed by atoms with Gasteiger partial charge in [-0.25, -0.2) is 0 Å². The summed E-state index contributed by atoms with van der Waals surface area (Å²) in [6.07, 6.45) is 1.30. The molecule has 0 spiro atoms. The summed E-state index contributed by atoms with van der Waals surface area (Å²) >= 11 is 7.91. The number of carbonyl (C=O) groups excluding carboxylic acids is 2. The first-order valence-corrected chi connectivity index (χ1v) is 6.04. The molecule has 1 heterocycles. The molecule has 0 aromatic heterocycles. The van der Waals surface area contributed by atoms with Crippen LogP contribution in [0.25, 0.3) is 6.08 Å². The van der Waals surface area contributed by atoms with Crippen molar-refractivity contribution in [3.63, 3.8) is 0 Å². The molecular weight excluding hydrogens is 320 g/mol. The molecule has 0 unspecified atom stereocenters. The van der Waals surface area contributed by atoms with Crippen LogP contribution < -0.4 is 10.6 Å². The summed E-state index contributed by atoms with van der Waals surface area (Å²) in [5.41, 5.74) is 0.245. The van der Waals surface area contributed by atoms with E-state index in [4.69, 9.17) is 0 Å². The number of halogens is 1. The predicted octanol–water partition coefficient (Wildman–Crippen LogP) is 1.07. The molecule has 1 fully saturated rings. The molecule has 1 aliphatic rings. The third-order valence-electron chi connectivity index (χ3n) is 2.23. The van der Waals surface area contributed by atoms with Crippen molar-refractivity contribution in [2.75, 3.05) is 0 Å². The van der Waals surface area contributed by atoms with E-state index < -0.39 is 11.8 Å². The summed E-state index contributed by atoms with van der Waals surface area (Å²) < 4.78 is 0.722. The van der Waals surface area contributed by atoms with E-state index >= 15 is 0 Å². The molecule has 5 nitrogen and oxygen atoms in total. The van der Waals surface area contributed by atoms with Crippen molar-refractivity contribution in [1.29, 1.82) is 0 Å². The van der Waals surface area contributed by atoms with Gasteiger partial charge in [0.25, 0.3) is 11.8 Å². The van der Waals surface area contributed by atoms with Crippen LogP contribution in [-0.4, -0.2) is 22.0 Å². The Morgan fingerprint density at radius 3 is 2.44 bits per heavy atom. The van der Waals surface area contributed by atoms with Gasteiger partial charge >= 0.3 is 0 Å². The van der Waals surface area contributed by atoms with Crippen LogP contribution in [0.1, 0.15) is 5.56 Å². The van der Waals surface area contributed by atoms with Gasteiger partial charge in [0, 0.05) is 10.0 Å². The molecule has 1 saturated heterocycles. The minimum absolute atomic E-state index is 0.0272. The zero-order valence-electron chi connectivity index (χ0n) is 8.86. The first-order valence-electron chi connectivity index (χ1n) is 4.84. The Bertz CT molecular complexity index is 576. The topological polar surface area (TPSA) is 78.4 Å². The number of amides is 2. The highest BCUT2D eigenvalue weighted by Gasteiger charge is 2.25. The molecule has 0 radical (unpaired) electrons. The lowest BCUT2D eigenvalue weighted by Gasteiger charge is -2.16. The molecule has 2 amide bonds. The first-order chi connectivity index (χ1) is 8.47. The Kier molecular flexibility index (Phi) is 3.44. The van der Waals surface area contributed by atoms with Gasteiger partial charge in [-0.3, -0.25) is 20.2 Å². The zero-order chi connectivity index (χ0) is 13.3. The third kappa shape index (κ3) is 2.57. The van der Waals surface area contributed by atoms with Gasteiger partial charge in [-0.15, -0.1) is 0 Å². The maximum atomic E-state index is 11.6. The van der Waals surface area contributed by atoms with Gasteiger partial charge in [0.2, 0.25) is 0 Å². The second kappa shape index (κ2) is 4.87. The largest absolute Gasteiger partial charge is 0.507 e. The lowest BCUT2D eigenvalue weighted by atomic mass is 10.1. The van der Waals surface area contributed by atoms with Crippen molar-refractivity contribution in [3.8, 4) is 5.75 Å². The number of rotatable bonds is 1. The fourth-order valence-electron chi connectivity index (χ4n) is 1.40. The summed E-state index contributed by atoms with van der Waals surface area (Å²) in [6, 6.07) is 4.70. The summed E-state index contributed by atoms with van der Waals surface area (Å²) in [6.45, 7) is 0. The highest BCUT2D eigenvalue weighted by Crippen LogP contribution is 2.24. The second-order valence-corrected chi connectivity index (χ2v) is 4.82. The highest BCUT2D eigenvalue weighted by atomic mass is 79.9. The molecule has 0 bridgehead atoms. The van der Waals surface area contributed by atoms with Gasteiger partial charge in [0.15, 0.2) is 5.11 Å². The monoisotopic (exact) mass is 326 g/mol. The molecule has 3 N–H and O–H groups in total. The molecule has 1 aromatic carbocycles. The molecule has 0 aliphatic carbocycles. The fourth-order valence-corrected chi connectivity index (χ4v) is 1.97. The normalized spacial score (nSPS) is 15.2. The summed E-state index contributed by atoms with van der Waals surface area (Å²) in [4.78, 5) is 23.2. The van der Waals surface area contributed by atoms with E-state index in [-0.39, 0.29) is 16.4 Å². The Balaban J connectivity index is 2.43. The van der Waals surface area contributed by atoms with Gasteiger partial charge < -0.3 is 5.11 Å². The lowest BCUT2D eigenvalue weighted by Crippen LogP contribution is -2.51. The van der Waals surface area contributed by atoms with Gasteiger partial charge in [-0.05, 0) is 36.5 Å². The van der Waals surface area contributed by atoms with Crippen LogP contribution in [0.15, 0.2) is 28.2 Å². The summed E-state index contributed by atoms with van der Waals surface area (Å²) in [7, 11) is 0. The van der Waals surface area contributed by atoms with Gasteiger partial charge in [-0.2, -0.15) is 0 Å². The van der Waals surface area contributed by atoms with E-state index in [1.807, 2.05) is 0 Å². The summed E-state index contributed by atoms with van der Waals surface area (Å²) in [5.74, 6) is -1.22. The van der Waals surface area contributed by atoms with Gasteiger partial charge in [0.05, 0.1) is 0 Å². The van der Waals surface area contributed by atoms with Crippen molar-refractivity contribution in [2.45, 2.75) is 0 Å². The quantitative estimate of drug-likeness (QED) is 0.410. The second-order valence-electron chi connectivity index (χ2n) is 3.50. The Morgan fingerprint density at radius 1 is 1.22 bits per heavy atom. The van der Waals surface area contributed by atoms with E-state index in [9.17, 15) is 14.7 Å². The van der Waals surface area contributed by atoms with E-state index in [1.54, 1.807) is 12.1 Å². The Hall–Kier alpha value is -1.73. The number of hydrogen-bond acceptors (Lipinski definition) is 4. The maximum absolute atomic E-state index is 11.6. The van der Waals surface area contributed by atoms with Crippen molar-refractivity contribution in [1.82, 2.24) is 10.6 Å². The number of nitrogens with one attached hydrogen (secondary N) is 2. The maximum Gasteiger partial charge on any atom is 0.263 e. The van der Waals surface area contributed by atoms with Crippen molar-refractivity contribution in [3.05, 3.63) is 33.8 Å². The molecule has 0 saturated carbocycles. The van der Waals surface area contributed by atoms with E-state index in [1.165, 1.54) is 12.1 Å². The predicted molar refractivity (Wildman–Crippen MR) is 72.7 cm³/mol. The Morgan fingerprint density at radius 2 is 1.83 bits per heavy atom. The van der Waals surface area contributed by atoms with E-state index in [0.717, 1.165) is 4.47 Å². The van der Waals surface area contributed by atoms with Crippen LogP contribution >= 0.6 is 28.1 Å². The minimum atomic E-state index is -0.594. The number of phenols is 1. The molecule has 92 valence electrons. The molecular formula is C11H7BrN2O3S.